The predicted octanol–water partition coefficient (Wildman–Crippen LogP) is 2.52. The summed E-state index contributed by atoms with van der Waals surface area (Å²) in [5, 5.41) is 4.54. The van der Waals surface area contributed by atoms with E-state index in [1.807, 2.05) is 6.07 Å². The maximum Gasteiger partial charge on any atom is 0.286 e. The van der Waals surface area contributed by atoms with Crippen LogP contribution in [0.15, 0.2) is 18.2 Å². The number of ether oxygens (including phenoxy) is 1. The fourth-order valence-corrected chi connectivity index (χ4v) is 4.38. The van der Waals surface area contributed by atoms with Gasteiger partial charge in [-0.3, -0.25) is 19.7 Å². The number of hydrogen-bond donors (Lipinski definition) is 2. The van der Waals surface area contributed by atoms with Gasteiger partial charge in [0.1, 0.15) is 5.75 Å². The van der Waals surface area contributed by atoms with Crippen LogP contribution in [-0.4, -0.2) is 65.5 Å². The molecule has 141 valence electrons. The summed E-state index contributed by atoms with van der Waals surface area (Å²) in [6.07, 6.45) is 6.49. The molecule has 0 aromatic heterocycles. The first-order valence-corrected chi connectivity index (χ1v) is 9.91. The minimum Gasteiger partial charge on any atom is -0.496 e. The second-order valence-electron chi connectivity index (χ2n) is 6.84. The van der Waals surface area contributed by atoms with Crippen LogP contribution >= 0.6 is 11.8 Å². The molecule has 1 saturated carbocycles. The van der Waals surface area contributed by atoms with E-state index in [1.54, 1.807) is 12.1 Å². The molecule has 1 atom stereocenters. The topological polar surface area (TPSA) is 84.5 Å². The predicted molar refractivity (Wildman–Crippen MR) is 106 cm³/mol. The van der Waals surface area contributed by atoms with E-state index in [4.69, 9.17) is 4.74 Å². The summed E-state index contributed by atoms with van der Waals surface area (Å²) in [6, 6.07) is 5.32. The maximum atomic E-state index is 12.6. The molecule has 1 saturated heterocycles. The van der Waals surface area contributed by atoms with Crippen molar-refractivity contribution in [3.63, 3.8) is 0 Å². The third kappa shape index (κ3) is 5.98. The largest absolute Gasteiger partial charge is 0.496 e. The first-order chi connectivity index (χ1) is 12.6. The molecule has 27 heavy (non-hydrogen) atoms. The Kier molecular flexibility index (Phi) is 8.66. The van der Waals surface area contributed by atoms with Crippen LogP contribution in [0.4, 0.5) is 4.79 Å². The van der Waals surface area contributed by atoms with Crippen LogP contribution in [0.5, 0.6) is 5.75 Å². The number of thioether (sulfide) groups is 1. The molecule has 1 aliphatic carbocycles. The van der Waals surface area contributed by atoms with Crippen molar-refractivity contribution in [3.8, 4) is 5.75 Å². The minimum atomic E-state index is -0.450. The number of amides is 3. The van der Waals surface area contributed by atoms with Gasteiger partial charge in [-0.1, -0.05) is 37.1 Å². The van der Waals surface area contributed by atoms with E-state index in [2.05, 4.69) is 10.6 Å². The van der Waals surface area contributed by atoms with E-state index < -0.39 is 5.25 Å². The van der Waals surface area contributed by atoms with Crippen molar-refractivity contribution in [2.75, 3.05) is 13.7 Å². The van der Waals surface area contributed by atoms with E-state index in [9.17, 15) is 14.4 Å². The van der Waals surface area contributed by atoms with Gasteiger partial charge >= 0.3 is 0 Å². The van der Waals surface area contributed by atoms with Crippen LogP contribution in [0.3, 0.4) is 0 Å². The molecule has 0 bridgehead atoms. The smallest absolute Gasteiger partial charge is 0.286 e. The van der Waals surface area contributed by atoms with Gasteiger partial charge in [0.2, 0.25) is 5.91 Å². The third-order valence-electron chi connectivity index (χ3n) is 4.97. The standard InChI is InChI=1S/C19H24N2O4S.Na/c1-25-15-8-7-13(10-16-18(23)21-19(24)26-16)9-14(15)17(22)20-11-12-5-3-2-4-6-12;/h7-9,12,16H,2-6,10-11H2,1H3,(H,20,22)(H,21,23,24);. The molecular formula is C19H24N2NaO4S. The zero-order valence-corrected chi connectivity index (χ0v) is 18.7. The summed E-state index contributed by atoms with van der Waals surface area (Å²) in [5.74, 6) is 0.619. The summed E-state index contributed by atoms with van der Waals surface area (Å²) >= 11 is 0.990. The second kappa shape index (κ2) is 10.5. The third-order valence-corrected chi connectivity index (χ3v) is 5.95. The van der Waals surface area contributed by atoms with Gasteiger partial charge in [0.05, 0.1) is 17.9 Å². The van der Waals surface area contributed by atoms with E-state index in [0.717, 1.165) is 17.3 Å². The van der Waals surface area contributed by atoms with Gasteiger partial charge < -0.3 is 10.1 Å². The van der Waals surface area contributed by atoms with Crippen LogP contribution in [0, 0.1) is 5.92 Å². The van der Waals surface area contributed by atoms with Crippen molar-refractivity contribution in [2.24, 2.45) is 5.92 Å². The normalized spacial score (nSPS) is 20.0. The number of hydrogen-bond acceptors (Lipinski definition) is 5. The Morgan fingerprint density at radius 3 is 2.63 bits per heavy atom. The molecule has 0 spiro atoms. The van der Waals surface area contributed by atoms with Crippen molar-refractivity contribution >= 4 is 58.4 Å². The number of nitrogens with one attached hydrogen (secondary N) is 2. The van der Waals surface area contributed by atoms with Crippen LogP contribution in [-0.2, 0) is 11.2 Å². The first kappa shape index (κ1) is 22.3. The number of imide groups is 1. The van der Waals surface area contributed by atoms with E-state index in [1.165, 1.54) is 39.2 Å². The molecule has 1 unspecified atom stereocenters. The monoisotopic (exact) mass is 399 g/mol. The Morgan fingerprint density at radius 1 is 1.26 bits per heavy atom. The Bertz CT molecular complexity index is 707. The summed E-state index contributed by atoms with van der Waals surface area (Å²) in [6.45, 7) is 0.682. The van der Waals surface area contributed by atoms with Gasteiger partial charge in [-0.2, -0.15) is 0 Å². The van der Waals surface area contributed by atoms with Crippen molar-refractivity contribution in [2.45, 2.75) is 43.8 Å². The molecular weight excluding hydrogens is 375 g/mol. The van der Waals surface area contributed by atoms with Gasteiger partial charge in [-0.25, -0.2) is 0 Å². The zero-order chi connectivity index (χ0) is 18.5. The first-order valence-electron chi connectivity index (χ1n) is 9.03. The zero-order valence-electron chi connectivity index (χ0n) is 15.9. The molecule has 1 aromatic rings. The average molecular weight is 399 g/mol. The summed E-state index contributed by atoms with van der Waals surface area (Å²) in [7, 11) is 1.53. The Morgan fingerprint density at radius 2 is 2.00 bits per heavy atom. The Balaban J connectivity index is 0.00000261. The minimum absolute atomic E-state index is 0. The fraction of sp³-hybridized carbons (Fsp3) is 0.526. The van der Waals surface area contributed by atoms with Crippen molar-refractivity contribution < 1.29 is 19.1 Å². The molecule has 2 N–H and O–H groups in total. The number of methoxy groups -OCH3 is 1. The van der Waals surface area contributed by atoms with Crippen molar-refractivity contribution in [1.29, 1.82) is 0 Å². The molecule has 1 heterocycles. The molecule has 3 rings (SSSR count). The summed E-state index contributed by atoms with van der Waals surface area (Å²) in [4.78, 5) is 35.7. The molecule has 2 aliphatic rings. The number of benzene rings is 1. The van der Waals surface area contributed by atoms with Gasteiger partial charge in [0, 0.05) is 36.1 Å². The summed E-state index contributed by atoms with van der Waals surface area (Å²) < 4.78 is 5.32. The summed E-state index contributed by atoms with van der Waals surface area (Å²) in [5.41, 5.74) is 1.30. The molecule has 3 amide bonds. The van der Waals surface area contributed by atoms with Crippen LogP contribution in [0.25, 0.3) is 0 Å². The molecule has 1 aromatic carbocycles. The van der Waals surface area contributed by atoms with E-state index in [-0.39, 0.29) is 46.6 Å². The maximum absolute atomic E-state index is 12.6. The Hall–Kier alpha value is -1.02. The van der Waals surface area contributed by atoms with Crippen molar-refractivity contribution in [3.05, 3.63) is 29.3 Å². The van der Waals surface area contributed by atoms with Gasteiger partial charge in [-0.15, -0.1) is 0 Å². The van der Waals surface area contributed by atoms with Gasteiger partial charge in [-0.05, 0) is 42.9 Å². The van der Waals surface area contributed by atoms with Gasteiger partial charge in [0.25, 0.3) is 11.1 Å². The number of carbonyl (C=O) groups is 3. The SMILES string of the molecule is COc1ccc(CC2SC(=O)NC2=O)cc1C(=O)NCC1CCCCC1.[Na]. The molecule has 1 radical (unpaired) electrons. The average Bonchev–Trinajstić information content (AvgIpc) is 2.97. The molecule has 8 heteroatoms. The number of rotatable bonds is 6. The second-order valence-corrected chi connectivity index (χ2v) is 8.01. The Labute approximate surface area is 185 Å². The molecule has 2 fully saturated rings. The molecule has 6 nitrogen and oxygen atoms in total. The van der Waals surface area contributed by atoms with Crippen molar-refractivity contribution in [1.82, 2.24) is 10.6 Å². The van der Waals surface area contributed by atoms with Crippen LogP contribution < -0.4 is 15.4 Å². The fourth-order valence-electron chi connectivity index (χ4n) is 3.52. The van der Waals surface area contributed by atoms with Gasteiger partial charge in [0.15, 0.2) is 0 Å². The number of carbonyl (C=O) groups excluding carboxylic acids is 3. The molecule has 1 aliphatic heterocycles. The van der Waals surface area contributed by atoms with Crippen LogP contribution in [0.2, 0.25) is 0 Å². The van der Waals surface area contributed by atoms with E-state index in [0.29, 0.717) is 30.2 Å². The van der Waals surface area contributed by atoms with Crippen LogP contribution in [0.1, 0.15) is 48.0 Å². The quantitative estimate of drug-likeness (QED) is 0.718. The van der Waals surface area contributed by atoms with E-state index >= 15 is 0 Å².